The normalized spacial score (nSPS) is 19.6. The molecule has 3 rings (SSSR count). The molecule has 1 N–H and O–H groups in total. The number of ether oxygens (including phenoxy) is 1. The van der Waals surface area contributed by atoms with Crippen LogP contribution in [0.2, 0.25) is 0 Å². The van der Waals surface area contributed by atoms with Gasteiger partial charge in [-0.3, -0.25) is 9.59 Å². The van der Waals surface area contributed by atoms with Gasteiger partial charge in [-0.15, -0.1) is 0 Å². The van der Waals surface area contributed by atoms with Crippen molar-refractivity contribution in [1.29, 1.82) is 0 Å². The van der Waals surface area contributed by atoms with Crippen LogP contribution >= 0.6 is 0 Å². The number of carbonyl (C=O) groups excluding carboxylic acids is 1. The number of carboxylic acid groups (broad SMARTS) is 1. The number of fused-ring (bicyclic) bond motifs is 1. The molecule has 0 saturated carbocycles. The Morgan fingerprint density at radius 2 is 1.72 bits per heavy atom. The summed E-state index contributed by atoms with van der Waals surface area (Å²) in [5.41, 5.74) is 0.972. The van der Waals surface area contributed by atoms with E-state index in [1.165, 1.54) is 18.2 Å². The lowest BCUT2D eigenvalue weighted by molar-refractivity contribution is -0.217. The number of halogens is 3. The van der Waals surface area contributed by atoms with E-state index in [1.54, 1.807) is 30.3 Å². The van der Waals surface area contributed by atoms with Crippen molar-refractivity contribution in [3.63, 3.8) is 0 Å². The van der Waals surface area contributed by atoms with E-state index in [0.717, 1.165) is 0 Å². The van der Waals surface area contributed by atoms with Crippen molar-refractivity contribution < 1.29 is 32.6 Å². The molecule has 0 spiro atoms. The lowest BCUT2D eigenvalue weighted by atomic mass is 9.88. The van der Waals surface area contributed by atoms with Crippen molar-refractivity contribution >= 4 is 11.8 Å². The van der Waals surface area contributed by atoms with Gasteiger partial charge in [0.05, 0.1) is 0 Å². The molecule has 0 radical (unpaired) electrons. The van der Waals surface area contributed by atoms with Crippen LogP contribution in [0.1, 0.15) is 21.5 Å². The molecule has 1 aliphatic rings. The maximum atomic E-state index is 13.0. The number of carbonyl (C=O) groups is 2. The molecule has 0 unspecified atom stereocenters. The van der Waals surface area contributed by atoms with Gasteiger partial charge in [0.1, 0.15) is 11.7 Å². The van der Waals surface area contributed by atoms with Crippen LogP contribution in [-0.4, -0.2) is 29.1 Å². The molecule has 2 aromatic rings. The molecule has 7 heteroatoms. The minimum atomic E-state index is -4.79. The first-order valence-electron chi connectivity index (χ1n) is 7.46. The Bertz CT molecular complexity index is 815. The highest BCUT2D eigenvalue weighted by atomic mass is 19.4. The number of ketones is 1. The number of aliphatic carboxylic acids is 1. The van der Waals surface area contributed by atoms with Gasteiger partial charge >= 0.3 is 12.1 Å². The molecular formula is C18H13F3O4. The van der Waals surface area contributed by atoms with Crippen LogP contribution in [0.5, 0.6) is 5.75 Å². The highest BCUT2D eigenvalue weighted by Crippen LogP contribution is 2.39. The largest absolute Gasteiger partial charge is 0.481 e. The Kier molecular flexibility index (Phi) is 4.24. The second-order valence-corrected chi connectivity index (χ2v) is 5.75. The molecular weight excluding hydrogens is 337 g/mol. The molecule has 0 aliphatic carbocycles. The van der Waals surface area contributed by atoms with Gasteiger partial charge < -0.3 is 9.84 Å². The minimum absolute atomic E-state index is 0.0514. The van der Waals surface area contributed by atoms with E-state index in [1.807, 2.05) is 0 Å². The zero-order chi connectivity index (χ0) is 18.2. The quantitative estimate of drug-likeness (QED) is 0.861. The summed E-state index contributed by atoms with van der Waals surface area (Å²) in [7, 11) is 0. The first-order valence-corrected chi connectivity index (χ1v) is 7.46. The predicted octanol–water partition coefficient (Wildman–Crippen LogP) is 3.48. The molecule has 0 aromatic heterocycles. The number of carboxylic acids is 1. The van der Waals surface area contributed by atoms with E-state index in [2.05, 4.69) is 0 Å². The molecule has 0 amide bonds. The average Bonchev–Trinajstić information content (AvgIpc) is 2.59. The SMILES string of the molecule is O=C(c1ccccc1)c1ccc2c(c1)C[C@@H](C(=O)O)[C@@H](C(F)(F)F)O2. The summed E-state index contributed by atoms with van der Waals surface area (Å²) in [6, 6.07) is 12.5. The highest BCUT2D eigenvalue weighted by Gasteiger charge is 2.52. The third-order valence-corrected chi connectivity index (χ3v) is 4.06. The van der Waals surface area contributed by atoms with Gasteiger partial charge in [-0.2, -0.15) is 13.2 Å². The maximum absolute atomic E-state index is 13.0. The van der Waals surface area contributed by atoms with Gasteiger partial charge in [-0.25, -0.2) is 0 Å². The number of rotatable bonds is 3. The van der Waals surface area contributed by atoms with E-state index >= 15 is 0 Å². The fourth-order valence-corrected chi connectivity index (χ4v) is 2.83. The smallest absolute Gasteiger partial charge is 0.426 e. The predicted molar refractivity (Wildman–Crippen MR) is 81.6 cm³/mol. The van der Waals surface area contributed by atoms with Crippen LogP contribution in [-0.2, 0) is 11.2 Å². The fourth-order valence-electron chi connectivity index (χ4n) is 2.83. The molecule has 1 aliphatic heterocycles. The van der Waals surface area contributed by atoms with Crippen molar-refractivity contribution in [2.75, 3.05) is 0 Å². The summed E-state index contributed by atoms with van der Waals surface area (Å²) >= 11 is 0. The van der Waals surface area contributed by atoms with Crippen LogP contribution in [0.25, 0.3) is 0 Å². The molecule has 130 valence electrons. The van der Waals surface area contributed by atoms with Gasteiger partial charge in [-0.1, -0.05) is 30.3 Å². The number of hydrogen-bond acceptors (Lipinski definition) is 3. The van der Waals surface area contributed by atoms with Gasteiger partial charge in [-0.05, 0) is 30.2 Å². The maximum Gasteiger partial charge on any atom is 0.426 e. The van der Waals surface area contributed by atoms with Crippen molar-refractivity contribution in [2.24, 2.45) is 5.92 Å². The summed E-state index contributed by atoms with van der Waals surface area (Å²) in [6.45, 7) is 0. The topological polar surface area (TPSA) is 63.6 Å². The Morgan fingerprint density at radius 3 is 2.32 bits per heavy atom. The molecule has 2 atom stereocenters. The molecule has 0 fully saturated rings. The van der Waals surface area contributed by atoms with E-state index < -0.39 is 24.2 Å². The van der Waals surface area contributed by atoms with Gasteiger partial charge in [0.25, 0.3) is 0 Å². The standard InChI is InChI=1S/C18H13F3O4/c19-18(20,21)16-13(17(23)24)9-12-8-11(6-7-14(12)25-16)15(22)10-4-2-1-3-5-10/h1-8,13,16H,9H2,(H,23,24)/t13-,16+/m1/s1. The molecule has 0 bridgehead atoms. The van der Waals surface area contributed by atoms with Crippen molar-refractivity contribution in [2.45, 2.75) is 18.7 Å². The van der Waals surface area contributed by atoms with Crippen molar-refractivity contribution in [3.8, 4) is 5.75 Å². The van der Waals surface area contributed by atoms with E-state index in [-0.39, 0.29) is 29.1 Å². The average molecular weight is 350 g/mol. The van der Waals surface area contributed by atoms with Gasteiger partial charge in [0.2, 0.25) is 6.10 Å². The summed E-state index contributed by atoms with van der Waals surface area (Å²) in [6.07, 6.45) is -7.56. The lowest BCUT2D eigenvalue weighted by Crippen LogP contribution is -2.47. The van der Waals surface area contributed by atoms with E-state index in [0.29, 0.717) is 5.56 Å². The Labute approximate surface area is 140 Å². The summed E-state index contributed by atoms with van der Waals surface area (Å²) < 4.78 is 44.0. The molecule has 0 saturated heterocycles. The summed E-state index contributed by atoms with van der Waals surface area (Å²) in [5.74, 6) is -3.69. The first kappa shape index (κ1) is 17.0. The summed E-state index contributed by atoms with van der Waals surface area (Å²) in [5, 5.41) is 9.11. The molecule has 25 heavy (non-hydrogen) atoms. The Balaban J connectivity index is 1.95. The number of benzene rings is 2. The van der Waals surface area contributed by atoms with Crippen molar-refractivity contribution in [3.05, 3.63) is 65.2 Å². The Hall–Kier alpha value is -2.83. The molecule has 1 heterocycles. The summed E-state index contributed by atoms with van der Waals surface area (Å²) in [4.78, 5) is 23.6. The minimum Gasteiger partial charge on any atom is -0.481 e. The highest BCUT2D eigenvalue weighted by molar-refractivity contribution is 6.09. The van der Waals surface area contributed by atoms with E-state index in [9.17, 15) is 22.8 Å². The Morgan fingerprint density at radius 1 is 1.04 bits per heavy atom. The van der Waals surface area contributed by atoms with Crippen LogP contribution in [0.4, 0.5) is 13.2 Å². The monoisotopic (exact) mass is 350 g/mol. The van der Waals surface area contributed by atoms with Gasteiger partial charge in [0.15, 0.2) is 5.78 Å². The third kappa shape index (κ3) is 3.35. The fraction of sp³-hybridized carbons (Fsp3) is 0.222. The number of alkyl halides is 3. The second kappa shape index (κ2) is 6.23. The molecule has 2 aromatic carbocycles. The zero-order valence-corrected chi connectivity index (χ0v) is 12.8. The third-order valence-electron chi connectivity index (χ3n) is 4.06. The number of hydrogen-bond donors (Lipinski definition) is 1. The first-order chi connectivity index (χ1) is 11.8. The van der Waals surface area contributed by atoms with E-state index in [4.69, 9.17) is 9.84 Å². The van der Waals surface area contributed by atoms with Crippen LogP contribution < -0.4 is 4.74 Å². The zero-order valence-electron chi connectivity index (χ0n) is 12.8. The van der Waals surface area contributed by atoms with Crippen LogP contribution in [0, 0.1) is 5.92 Å². The molecule has 4 nitrogen and oxygen atoms in total. The lowest BCUT2D eigenvalue weighted by Gasteiger charge is -2.32. The van der Waals surface area contributed by atoms with Crippen LogP contribution in [0.3, 0.4) is 0 Å². The van der Waals surface area contributed by atoms with Gasteiger partial charge in [0, 0.05) is 11.1 Å². The van der Waals surface area contributed by atoms with Crippen LogP contribution in [0.15, 0.2) is 48.5 Å². The second-order valence-electron chi connectivity index (χ2n) is 5.75. The van der Waals surface area contributed by atoms with Crippen molar-refractivity contribution in [1.82, 2.24) is 0 Å².